The summed E-state index contributed by atoms with van der Waals surface area (Å²) in [5, 5.41) is 2.75. The summed E-state index contributed by atoms with van der Waals surface area (Å²) in [4.78, 5) is 11.6. The molecule has 0 saturated carbocycles. The Kier molecular flexibility index (Phi) is 2.62. The molecule has 1 aromatic heterocycles. The van der Waals surface area contributed by atoms with Crippen molar-refractivity contribution < 1.29 is 9.47 Å². The molecule has 0 aliphatic rings. The van der Waals surface area contributed by atoms with Crippen molar-refractivity contribution in [3.8, 4) is 12.0 Å². The Labute approximate surface area is 70.0 Å². The molecule has 6 nitrogen and oxygen atoms in total. The lowest BCUT2D eigenvalue weighted by Crippen LogP contribution is -2.03. The van der Waals surface area contributed by atoms with Gasteiger partial charge in [-0.05, 0) is 0 Å². The average molecular weight is 170 g/mol. The Morgan fingerprint density at radius 2 is 1.50 bits per heavy atom. The monoisotopic (exact) mass is 170 g/mol. The molecule has 0 amide bonds. The highest BCUT2D eigenvalue weighted by Crippen LogP contribution is 2.10. The minimum absolute atomic E-state index is 0.228. The van der Waals surface area contributed by atoms with Crippen LogP contribution in [0, 0.1) is 0 Å². The van der Waals surface area contributed by atoms with E-state index in [1.807, 2.05) is 0 Å². The summed E-state index contributed by atoms with van der Waals surface area (Å²) in [6.45, 7) is 0. The van der Waals surface area contributed by atoms with Crippen LogP contribution >= 0.6 is 0 Å². The molecule has 0 aliphatic heterocycles. The zero-order valence-electron chi connectivity index (χ0n) is 7.16. The van der Waals surface area contributed by atoms with E-state index in [9.17, 15) is 0 Å². The number of nitrogens with one attached hydrogen (secondary N) is 1. The van der Waals surface area contributed by atoms with E-state index < -0.39 is 0 Å². The van der Waals surface area contributed by atoms with Crippen molar-refractivity contribution in [3.05, 3.63) is 0 Å². The van der Waals surface area contributed by atoms with Crippen molar-refractivity contribution >= 4 is 5.95 Å². The number of hydrogen-bond donors (Lipinski definition) is 1. The largest absolute Gasteiger partial charge is 0.467 e. The van der Waals surface area contributed by atoms with E-state index >= 15 is 0 Å². The fourth-order valence-corrected chi connectivity index (χ4v) is 0.632. The van der Waals surface area contributed by atoms with E-state index in [0.717, 1.165) is 0 Å². The number of hydrogen-bond acceptors (Lipinski definition) is 6. The number of ether oxygens (including phenoxy) is 2. The molecule has 0 aromatic carbocycles. The van der Waals surface area contributed by atoms with Gasteiger partial charge in [-0.3, -0.25) is 0 Å². The van der Waals surface area contributed by atoms with Gasteiger partial charge >= 0.3 is 12.0 Å². The summed E-state index contributed by atoms with van der Waals surface area (Å²) in [6.07, 6.45) is 0. The lowest BCUT2D eigenvalue weighted by Gasteiger charge is -2.03. The molecule has 0 atom stereocenters. The highest BCUT2D eigenvalue weighted by Gasteiger charge is 2.04. The summed E-state index contributed by atoms with van der Waals surface area (Å²) >= 11 is 0. The van der Waals surface area contributed by atoms with Crippen LogP contribution in [0.3, 0.4) is 0 Å². The van der Waals surface area contributed by atoms with Crippen molar-refractivity contribution in [2.75, 3.05) is 26.6 Å². The Balaban J connectivity index is 3.01. The predicted octanol–water partition coefficient (Wildman–Crippen LogP) is -0.0695. The van der Waals surface area contributed by atoms with E-state index in [-0.39, 0.29) is 12.0 Å². The molecule has 1 heterocycles. The fourth-order valence-electron chi connectivity index (χ4n) is 0.632. The van der Waals surface area contributed by atoms with Crippen molar-refractivity contribution in [2.24, 2.45) is 0 Å². The van der Waals surface area contributed by atoms with Crippen LogP contribution in [-0.2, 0) is 0 Å². The molecule has 0 unspecified atom stereocenters. The Bertz CT molecular complexity index is 210. The van der Waals surface area contributed by atoms with Crippen LogP contribution < -0.4 is 14.8 Å². The van der Waals surface area contributed by atoms with Gasteiger partial charge in [0.05, 0.1) is 14.2 Å². The van der Waals surface area contributed by atoms with Crippen molar-refractivity contribution in [3.63, 3.8) is 0 Å². The molecule has 0 aliphatic carbocycles. The summed E-state index contributed by atoms with van der Waals surface area (Å²) in [5.74, 6) is 0.415. The van der Waals surface area contributed by atoms with Crippen molar-refractivity contribution in [1.29, 1.82) is 0 Å². The van der Waals surface area contributed by atoms with Gasteiger partial charge in [0.2, 0.25) is 5.95 Å². The first-order valence-corrected chi connectivity index (χ1v) is 3.32. The highest BCUT2D eigenvalue weighted by molar-refractivity contribution is 5.25. The van der Waals surface area contributed by atoms with Gasteiger partial charge in [-0.1, -0.05) is 0 Å². The topological polar surface area (TPSA) is 69.2 Å². The van der Waals surface area contributed by atoms with Gasteiger partial charge < -0.3 is 14.8 Å². The van der Waals surface area contributed by atoms with Gasteiger partial charge in [-0.15, -0.1) is 4.98 Å². The maximum absolute atomic E-state index is 4.82. The van der Waals surface area contributed by atoms with Crippen LogP contribution in [0.1, 0.15) is 0 Å². The maximum Gasteiger partial charge on any atom is 0.324 e. The maximum atomic E-state index is 4.82. The van der Waals surface area contributed by atoms with Crippen LogP contribution in [0.4, 0.5) is 5.95 Å². The zero-order valence-corrected chi connectivity index (χ0v) is 7.16. The fraction of sp³-hybridized carbons (Fsp3) is 0.500. The molecule has 0 bridgehead atoms. The van der Waals surface area contributed by atoms with Crippen LogP contribution in [0.25, 0.3) is 0 Å². The number of nitrogens with zero attached hydrogens (tertiary/aromatic N) is 3. The number of methoxy groups -OCH3 is 2. The Hall–Kier alpha value is -1.59. The van der Waals surface area contributed by atoms with Gasteiger partial charge in [0.15, 0.2) is 0 Å². The van der Waals surface area contributed by atoms with Gasteiger partial charge in [0, 0.05) is 7.05 Å². The summed E-state index contributed by atoms with van der Waals surface area (Å²) in [6, 6.07) is 0.456. The molecule has 1 aromatic rings. The van der Waals surface area contributed by atoms with Gasteiger partial charge in [0.1, 0.15) is 0 Å². The van der Waals surface area contributed by atoms with E-state index in [4.69, 9.17) is 9.47 Å². The minimum atomic E-state index is 0.228. The Morgan fingerprint density at radius 1 is 1.00 bits per heavy atom. The molecule has 66 valence electrons. The Morgan fingerprint density at radius 3 is 1.83 bits per heavy atom. The lowest BCUT2D eigenvalue weighted by atomic mass is 10.9. The van der Waals surface area contributed by atoms with Crippen LogP contribution in [0.15, 0.2) is 0 Å². The molecular formula is C6H10N4O2. The third kappa shape index (κ3) is 1.71. The van der Waals surface area contributed by atoms with Crippen molar-refractivity contribution in [2.45, 2.75) is 0 Å². The van der Waals surface area contributed by atoms with E-state index in [1.165, 1.54) is 14.2 Å². The van der Waals surface area contributed by atoms with E-state index in [1.54, 1.807) is 7.05 Å². The molecule has 0 fully saturated rings. The van der Waals surface area contributed by atoms with Gasteiger partial charge in [-0.25, -0.2) is 0 Å². The smallest absolute Gasteiger partial charge is 0.324 e. The summed E-state index contributed by atoms with van der Waals surface area (Å²) in [7, 11) is 4.66. The van der Waals surface area contributed by atoms with Crippen LogP contribution in [0.5, 0.6) is 12.0 Å². The molecule has 1 N–H and O–H groups in total. The van der Waals surface area contributed by atoms with Gasteiger partial charge in [0.25, 0.3) is 0 Å². The van der Waals surface area contributed by atoms with E-state index in [0.29, 0.717) is 5.95 Å². The van der Waals surface area contributed by atoms with Gasteiger partial charge in [-0.2, -0.15) is 9.97 Å². The van der Waals surface area contributed by atoms with Crippen molar-refractivity contribution in [1.82, 2.24) is 15.0 Å². The third-order valence-corrected chi connectivity index (χ3v) is 1.18. The average Bonchev–Trinajstić information content (AvgIpc) is 2.16. The highest BCUT2D eigenvalue weighted by atomic mass is 16.5. The molecule has 0 saturated heterocycles. The first-order chi connectivity index (χ1) is 5.80. The lowest BCUT2D eigenvalue weighted by molar-refractivity contribution is 0.341. The number of rotatable bonds is 3. The summed E-state index contributed by atoms with van der Waals surface area (Å²) in [5.41, 5.74) is 0. The molecule has 0 spiro atoms. The zero-order chi connectivity index (χ0) is 8.97. The van der Waals surface area contributed by atoms with Crippen LogP contribution in [0.2, 0.25) is 0 Å². The second kappa shape index (κ2) is 3.70. The molecule has 6 heteroatoms. The van der Waals surface area contributed by atoms with E-state index in [2.05, 4.69) is 20.3 Å². The van der Waals surface area contributed by atoms with Crippen LogP contribution in [-0.4, -0.2) is 36.2 Å². The standard InChI is InChI=1S/C6H10N4O2/c1-7-4-8-5(11-2)10-6(9-4)12-3/h1-3H3,(H,7,8,9,10). The number of aromatic nitrogens is 3. The quantitative estimate of drug-likeness (QED) is 0.684. The summed E-state index contributed by atoms with van der Waals surface area (Å²) < 4.78 is 9.63. The molecular weight excluding hydrogens is 160 g/mol. The molecule has 1 rings (SSSR count). The predicted molar refractivity (Wildman–Crippen MR) is 42.5 cm³/mol. The molecule has 12 heavy (non-hydrogen) atoms. The first kappa shape index (κ1) is 8.51. The normalized spacial score (nSPS) is 9.25. The first-order valence-electron chi connectivity index (χ1n) is 3.32. The third-order valence-electron chi connectivity index (χ3n) is 1.18. The second-order valence-corrected chi connectivity index (χ2v) is 1.88. The number of anilines is 1. The molecule has 0 radical (unpaired) electrons. The minimum Gasteiger partial charge on any atom is -0.467 e. The SMILES string of the molecule is CNc1nc(OC)nc(OC)n1. The second-order valence-electron chi connectivity index (χ2n) is 1.88.